The predicted molar refractivity (Wildman–Crippen MR) is 118 cm³/mol. The standard InChI is InChI=1S/C20H19Cl3N2O3S/c21-15-6-4-14(18(23)12-15)5-9-20(26)24-19-13-16(7-8-17(19)22)29(27,28)25-10-2-1-3-11-25/h4-9,12-13H,1-3,10-11H2,(H,24,26). The molecule has 1 N–H and O–H groups in total. The van der Waals surface area contributed by atoms with Crippen molar-refractivity contribution in [2.45, 2.75) is 24.2 Å². The van der Waals surface area contributed by atoms with Gasteiger partial charge >= 0.3 is 0 Å². The molecule has 29 heavy (non-hydrogen) atoms. The second-order valence-corrected chi connectivity index (χ2v) is 9.78. The highest BCUT2D eigenvalue weighted by atomic mass is 35.5. The first-order valence-corrected chi connectivity index (χ1v) is 11.6. The largest absolute Gasteiger partial charge is 0.321 e. The van der Waals surface area contributed by atoms with Gasteiger partial charge in [0.1, 0.15) is 0 Å². The van der Waals surface area contributed by atoms with Gasteiger partial charge in [-0.2, -0.15) is 4.31 Å². The second-order valence-electron chi connectivity index (χ2n) is 6.59. The Hall–Kier alpha value is -1.57. The van der Waals surface area contributed by atoms with Crippen molar-refractivity contribution in [2.75, 3.05) is 18.4 Å². The van der Waals surface area contributed by atoms with E-state index >= 15 is 0 Å². The molecule has 0 atom stereocenters. The van der Waals surface area contributed by atoms with E-state index < -0.39 is 15.9 Å². The number of anilines is 1. The molecule has 1 amide bonds. The van der Waals surface area contributed by atoms with E-state index in [9.17, 15) is 13.2 Å². The van der Waals surface area contributed by atoms with Crippen LogP contribution in [0.25, 0.3) is 6.08 Å². The Morgan fingerprint density at radius 1 is 0.966 bits per heavy atom. The van der Waals surface area contributed by atoms with Crippen LogP contribution in [0.2, 0.25) is 15.1 Å². The van der Waals surface area contributed by atoms with E-state index in [-0.39, 0.29) is 15.6 Å². The number of hydrogen-bond acceptors (Lipinski definition) is 3. The topological polar surface area (TPSA) is 66.5 Å². The number of nitrogens with one attached hydrogen (secondary N) is 1. The third-order valence-electron chi connectivity index (χ3n) is 4.53. The molecule has 2 aromatic rings. The minimum Gasteiger partial charge on any atom is -0.321 e. The van der Waals surface area contributed by atoms with Crippen molar-refractivity contribution in [3.8, 4) is 0 Å². The summed E-state index contributed by atoms with van der Waals surface area (Å²) in [4.78, 5) is 12.4. The van der Waals surface area contributed by atoms with Crippen LogP contribution in [0.3, 0.4) is 0 Å². The van der Waals surface area contributed by atoms with E-state index in [1.54, 1.807) is 18.2 Å². The molecule has 0 aromatic heterocycles. The van der Waals surface area contributed by atoms with Crippen molar-refractivity contribution in [3.63, 3.8) is 0 Å². The molecule has 1 saturated heterocycles. The summed E-state index contributed by atoms with van der Waals surface area (Å²) < 4.78 is 27.2. The molecule has 154 valence electrons. The van der Waals surface area contributed by atoms with E-state index in [0.29, 0.717) is 28.7 Å². The number of piperidine rings is 1. The van der Waals surface area contributed by atoms with Crippen LogP contribution in [0, 0.1) is 0 Å². The number of carbonyl (C=O) groups excluding carboxylic acids is 1. The summed E-state index contributed by atoms with van der Waals surface area (Å²) >= 11 is 18.1. The maximum absolute atomic E-state index is 12.8. The zero-order valence-electron chi connectivity index (χ0n) is 15.4. The summed E-state index contributed by atoms with van der Waals surface area (Å²) in [5.74, 6) is -0.467. The third kappa shape index (κ3) is 5.53. The molecule has 2 aromatic carbocycles. The van der Waals surface area contributed by atoms with Gasteiger partial charge in [-0.3, -0.25) is 4.79 Å². The molecule has 0 saturated carbocycles. The summed E-state index contributed by atoms with van der Waals surface area (Å²) in [5, 5.41) is 3.77. The molecule has 0 unspecified atom stereocenters. The number of carbonyl (C=O) groups is 1. The lowest BCUT2D eigenvalue weighted by Gasteiger charge is -2.26. The molecule has 0 spiro atoms. The number of sulfonamides is 1. The molecular weight excluding hydrogens is 455 g/mol. The Bertz CT molecular complexity index is 1050. The summed E-state index contributed by atoms with van der Waals surface area (Å²) in [7, 11) is -3.63. The Labute approximate surface area is 185 Å². The van der Waals surface area contributed by atoms with Gasteiger partial charge in [0.2, 0.25) is 15.9 Å². The van der Waals surface area contributed by atoms with E-state index in [2.05, 4.69) is 5.32 Å². The lowest BCUT2D eigenvalue weighted by molar-refractivity contribution is -0.111. The molecule has 0 bridgehead atoms. The Morgan fingerprint density at radius 2 is 1.69 bits per heavy atom. The first-order chi connectivity index (χ1) is 13.8. The van der Waals surface area contributed by atoms with Gasteiger partial charge in [0.15, 0.2) is 0 Å². The highest BCUT2D eigenvalue weighted by Crippen LogP contribution is 2.28. The van der Waals surface area contributed by atoms with Crippen LogP contribution in [-0.4, -0.2) is 31.7 Å². The van der Waals surface area contributed by atoms with Gasteiger partial charge in [-0.05, 0) is 54.8 Å². The minimum atomic E-state index is -3.63. The van der Waals surface area contributed by atoms with Crippen molar-refractivity contribution < 1.29 is 13.2 Å². The number of halogens is 3. The SMILES string of the molecule is O=C(C=Cc1ccc(Cl)cc1Cl)Nc1cc(S(=O)(=O)N2CCCCC2)ccc1Cl. The maximum Gasteiger partial charge on any atom is 0.248 e. The summed E-state index contributed by atoms with van der Waals surface area (Å²) in [6.45, 7) is 0.995. The Balaban J connectivity index is 1.77. The van der Waals surface area contributed by atoms with E-state index in [1.807, 2.05) is 0 Å². The zero-order valence-corrected chi connectivity index (χ0v) is 18.5. The van der Waals surface area contributed by atoms with Crippen LogP contribution in [-0.2, 0) is 14.8 Å². The van der Waals surface area contributed by atoms with Gasteiger partial charge in [-0.25, -0.2) is 8.42 Å². The van der Waals surface area contributed by atoms with E-state index in [0.717, 1.165) is 19.3 Å². The first kappa shape index (κ1) is 22.1. The van der Waals surface area contributed by atoms with Gasteiger partial charge in [0.05, 0.1) is 15.6 Å². The fourth-order valence-corrected chi connectivity index (χ4v) is 5.17. The molecule has 0 aliphatic carbocycles. The summed E-state index contributed by atoms with van der Waals surface area (Å²) in [6, 6.07) is 9.23. The third-order valence-corrected chi connectivity index (χ3v) is 7.31. The summed E-state index contributed by atoms with van der Waals surface area (Å²) in [5.41, 5.74) is 0.848. The zero-order chi connectivity index (χ0) is 21.0. The lowest BCUT2D eigenvalue weighted by Crippen LogP contribution is -2.35. The minimum absolute atomic E-state index is 0.101. The quantitative estimate of drug-likeness (QED) is 0.585. The van der Waals surface area contributed by atoms with Crippen LogP contribution < -0.4 is 5.32 Å². The monoisotopic (exact) mass is 472 g/mol. The van der Waals surface area contributed by atoms with Gasteiger partial charge < -0.3 is 5.32 Å². The van der Waals surface area contributed by atoms with Crippen molar-refractivity contribution >= 4 is 62.5 Å². The fraction of sp³-hybridized carbons (Fsp3) is 0.250. The average molecular weight is 474 g/mol. The molecule has 9 heteroatoms. The van der Waals surface area contributed by atoms with E-state index in [4.69, 9.17) is 34.8 Å². The van der Waals surface area contributed by atoms with Crippen molar-refractivity contribution in [1.82, 2.24) is 4.31 Å². The van der Waals surface area contributed by atoms with Gasteiger partial charge in [0, 0.05) is 29.2 Å². The smallest absolute Gasteiger partial charge is 0.248 e. The second kappa shape index (κ2) is 9.49. The lowest BCUT2D eigenvalue weighted by atomic mass is 10.2. The molecule has 1 fully saturated rings. The number of rotatable bonds is 5. The predicted octanol–water partition coefficient (Wildman–Crippen LogP) is 5.47. The maximum atomic E-state index is 12.8. The van der Waals surface area contributed by atoms with E-state index in [1.165, 1.54) is 34.7 Å². The summed E-state index contributed by atoms with van der Waals surface area (Å²) in [6.07, 6.45) is 5.54. The molecule has 5 nitrogen and oxygen atoms in total. The van der Waals surface area contributed by atoms with Crippen molar-refractivity contribution in [1.29, 1.82) is 0 Å². The normalized spacial score (nSPS) is 15.6. The highest BCUT2D eigenvalue weighted by molar-refractivity contribution is 7.89. The number of hydrogen-bond donors (Lipinski definition) is 1. The van der Waals surface area contributed by atoms with Gasteiger partial charge in [-0.15, -0.1) is 0 Å². The highest BCUT2D eigenvalue weighted by Gasteiger charge is 2.26. The van der Waals surface area contributed by atoms with Crippen molar-refractivity contribution in [2.24, 2.45) is 0 Å². The Morgan fingerprint density at radius 3 is 2.38 bits per heavy atom. The molecule has 1 aliphatic heterocycles. The fourth-order valence-electron chi connectivity index (χ4n) is 2.99. The van der Waals surface area contributed by atoms with Crippen LogP contribution >= 0.6 is 34.8 Å². The van der Waals surface area contributed by atoms with Gasteiger partial charge in [-0.1, -0.05) is 47.3 Å². The van der Waals surface area contributed by atoms with Crippen molar-refractivity contribution in [3.05, 3.63) is 63.1 Å². The average Bonchev–Trinajstić information content (AvgIpc) is 2.69. The number of benzene rings is 2. The van der Waals surface area contributed by atoms with Crippen LogP contribution in [0.4, 0.5) is 5.69 Å². The first-order valence-electron chi connectivity index (χ1n) is 9.01. The van der Waals surface area contributed by atoms with Crippen LogP contribution in [0.1, 0.15) is 24.8 Å². The number of amides is 1. The molecule has 0 radical (unpaired) electrons. The van der Waals surface area contributed by atoms with Crippen LogP contribution in [0.5, 0.6) is 0 Å². The number of nitrogens with zero attached hydrogens (tertiary/aromatic N) is 1. The van der Waals surface area contributed by atoms with Gasteiger partial charge in [0.25, 0.3) is 0 Å². The Kier molecular flexibility index (Phi) is 7.24. The molecule has 3 rings (SSSR count). The molecule has 1 aliphatic rings. The van der Waals surface area contributed by atoms with Crippen LogP contribution in [0.15, 0.2) is 47.4 Å². The molecule has 1 heterocycles. The molecular formula is C20H19Cl3N2O3S.